The highest BCUT2D eigenvalue weighted by atomic mass is 16.5. The van der Waals surface area contributed by atoms with E-state index in [1.54, 1.807) is 0 Å². The summed E-state index contributed by atoms with van der Waals surface area (Å²) >= 11 is 0. The highest BCUT2D eigenvalue weighted by Gasteiger charge is 2.14. The molecule has 26 heavy (non-hydrogen) atoms. The van der Waals surface area contributed by atoms with Gasteiger partial charge in [0.2, 0.25) is 0 Å². The number of hydrogen-bond acceptors (Lipinski definition) is 3. The van der Waals surface area contributed by atoms with Crippen LogP contribution in [-0.2, 0) is 17.9 Å². The number of aliphatic hydroxyl groups excluding tert-OH is 1. The Bertz CT molecular complexity index is 627. The van der Waals surface area contributed by atoms with Gasteiger partial charge in [-0.2, -0.15) is 0 Å². The van der Waals surface area contributed by atoms with Crippen LogP contribution >= 0.6 is 0 Å². The van der Waals surface area contributed by atoms with E-state index in [1.807, 2.05) is 30.3 Å². The molecule has 1 atom stereocenters. The molecule has 0 bridgehead atoms. The van der Waals surface area contributed by atoms with Crippen molar-refractivity contribution in [2.24, 2.45) is 5.92 Å². The van der Waals surface area contributed by atoms with E-state index in [9.17, 15) is 5.11 Å². The highest BCUT2D eigenvalue weighted by molar-refractivity contribution is 5.25. The summed E-state index contributed by atoms with van der Waals surface area (Å²) in [5.41, 5.74) is 3.77. The number of hydrogen-bond donors (Lipinski definition) is 1. The molecule has 0 aromatic heterocycles. The van der Waals surface area contributed by atoms with Crippen molar-refractivity contribution in [3.05, 3.63) is 71.3 Å². The van der Waals surface area contributed by atoms with E-state index < -0.39 is 6.10 Å². The van der Waals surface area contributed by atoms with Crippen LogP contribution in [0.4, 0.5) is 0 Å². The number of ether oxygens (including phenoxy) is 1. The van der Waals surface area contributed by atoms with Crippen LogP contribution in [0, 0.1) is 12.8 Å². The molecule has 2 rings (SSSR count). The topological polar surface area (TPSA) is 32.7 Å². The smallest absolute Gasteiger partial charge is 0.0900 e. The number of aliphatic hydroxyl groups is 1. The van der Waals surface area contributed by atoms with Crippen molar-refractivity contribution < 1.29 is 9.84 Å². The van der Waals surface area contributed by atoms with Crippen LogP contribution < -0.4 is 0 Å². The highest BCUT2D eigenvalue weighted by Crippen LogP contribution is 2.13. The summed E-state index contributed by atoms with van der Waals surface area (Å²) in [6.45, 7) is 10.0. The van der Waals surface area contributed by atoms with E-state index in [2.05, 4.69) is 49.9 Å². The molecule has 3 nitrogen and oxygen atoms in total. The fraction of sp³-hybridized carbons (Fsp3) is 0.478. The molecule has 0 aliphatic heterocycles. The number of rotatable bonds is 11. The van der Waals surface area contributed by atoms with Gasteiger partial charge in [0, 0.05) is 13.1 Å². The summed E-state index contributed by atoms with van der Waals surface area (Å²) in [7, 11) is 0. The summed E-state index contributed by atoms with van der Waals surface area (Å²) in [5.74, 6) is 0.654. The number of aryl methyl sites for hydroxylation is 1. The molecule has 0 saturated heterocycles. The van der Waals surface area contributed by atoms with Gasteiger partial charge in [-0.25, -0.2) is 0 Å². The lowest BCUT2D eigenvalue weighted by molar-refractivity contribution is 0.00787. The molecule has 142 valence electrons. The lowest BCUT2D eigenvalue weighted by atomic mass is 10.1. The van der Waals surface area contributed by atoms with Gasteiger partial charge in [-0.1, -0.05) is 68.4 Å². The molecule has 1 N–H and O–H groups in total. The van der Waals surface area contributed by atoms with Gasteiger partial charge in [0.1, 0.15) is 0 Å². The molecular weight excluding hydrogens is 322 g/mol. The van der Waals surface area contributed by atoms with Crippen LogP contribution in [0.2, 0.25) is 0 Å². The third-order valence-corrected chi connectivity index (χ3v) is 4.57. The van der Waals surface area contributed by atoms with E-state index in [1.165, 1.54) is 11.1 Å². The molecule has 0 saturated carbocycles. The molecule has 0 radical (unpaired) electrons. The first kappa shape index (κ1) is 20.6. The van der Waals surface area contributed by atoms with Crippen LogP contribution in [0.1, 0.15) is 37.0 Å². The Morgan fingerprint density at radius 2 is 1.69 bits per heavy atom. The molecule has 0 aliphatic carbocycles. The van der Waals surface area contributed by atoms with Gasteiger partial charge in [-0.05, 0) is 42.5 Å². The SMILES string of the molecule is Cc1ccccc1CN(CCC(C)C)C[C@H](O)COCc1ccccc1. The van der Waals surface area contributed by atoms with Crippen LogP contribution in [-0.4, -0.2) is 35.8 Å². The fourth-order valence-electron chi connectivity index (χ4n) is 2.94. The summed E-state index contributed by atoms with van der Waals surface area (Å²) in [5, 5.41) is 10.4. The normalized spacial score (nSPS) is 12.7. The molecule has 0 unspecified atom stereocenters. The number of benzene rings is 2. The van der Waals surface area contributed by atoms with Gasteiger partial charge >= 0.3 is 0 Å². The molecule has 2 aromatic rings. The first-order valence-corrected chi connectivity index (χ1v) is 9.61. The second kappa shape index (κ2) is 11.1. The van der Waals surface area contributed by atoms with Crippen molar-refractivity contribution in [3.8, 4) is 0 Å². The van der Waals surface area contributed by atoms with Crippen molar-refractivity contribution in [1.82, 2.24) is 4.90 Å². The van der Waals surface area contributed by atoms with E-state index >= 15 is 0 Å². The van der Waals surface area contributed by atoms with Crippen LogP contribution in [0.5, 0.6) is 0 Å². The monoisotopic (exact) mass is 355 g/mol. The summed E-state index contributed by atoms with van der Waals surface area (Å²) in [6.07, 6.45) is 0.651. The predicted molar refractivity (Wildman–Crippen MR) is 108 cm³/mol. The van der Waals surface area contributed by atoms with Crippen molar-refractivity contribution >= 4 is 0 Å². The minimum Gasteiger partial charge on any atom is -0.389 e. The fourth-order valence-corrected chi connectivity index (χ4v) is 2.94. The molecule has 0 fully saturated rings. The third-order valence-electron chi connectivity index (χ3n) is 4.57. The Hall–Kier alpha value is -1.68. The zero-order valence-electron chi connectivity index (χ0n) is 16.4. The van der Waals surface area contributed by atoms with Gasteiger partial charge in [0.05, 0.1) is 19.3 Å². The lowest BCUT2D eigenvalue weighted by Crippen LogP contribution is -2.35. The quantitative estimate of drug-likeness (QED) is 0.648. The zero-order valence-corrected chi connectivity index (χ0v) is 16.4. The van der Waals surface area contributed by atoms with Gasteiger partial charge in [-0.3, -0.25) is 4.90 Å². The van der Waals surface area contributed by atoms with Gasteiger partial charge in [-0.15, -0.1) is 0 Å². The second-order valence-electron chi connectivity index (χ2n) is 7.50. The average molecular weight is 356 g/mol. The number of nitrogens with zero attached hydrogens (tertiary/aromatic N) is 1. The molecule has 0 amide bonds. The Balaban J connectivity index is 1.85. The summed E-state index contributed by atoms with van der Waals surface area (Å²) in [6, 6.07) is 18.6. The minimum atomic E-state index is -0.477. The largest absolute Gasteiger partial charge is 0.389 e. The van der Waals surface area contributed by atoms with Crippen LogP contribution in [0.25, 0.3) is 0 Å². The Morgan fingerprint density at radius 3 is 2.38 bits per heavy atom. The van der Waals surface area contributed by atoms with Crippen molar-refractivity contribution in [1.29, 1.82) is 0 Å². The Morgan fingerprint density at radius 1 is 1.00 bits per heavy atom. The van der Waals surface area contributed by atoms with Crippen molar-refractivity contribution in [2.75, 3.05) is 19.7 Å². The standard InChI is InChI=1S/C23H33NO2/c1-19(2)13-14-24(15-22-12-8-7-9-20(22)3)16-23(25)18-26-17-21-10-5-4-6-11-21/h4-12,19,23,25H,13-18H2,1-3H3/t23-/m0/s1. The van der Waals surface area contributed by atoms with Crippen molar-refractivity contribution in [2.45, 2.75) is 46.4 Å². The first-order valence-electron chi connectivity index (χ1n) is 9.61. The van der Waals surface area contributed by atoms with Gasteiger partial charge in [0.15, 0.2) is 0 Å². The molecule has 3 heteroatoms. The van der Waals surface area contributed by atoms with Crippen LogP contribution in [0.15, 0.2) is 54.6 Å². The molecule has 2 aromatic carbocycles. The van der Waals surface area contributed by atoms with Gasteiger partial charge < -0.3 is 9.84 Å². The zero-order chi connectivity index (χ0) is 18.8. The third kappa shape index (κ3) is 7.69. The molecule has 0 aliphatic rings. The maximum atomic E-state index is 10.4. The summed E-state index contributed by atoms with van der Waals surface area (Å²) < 4.78 is 5.71. The summed E-state index contributed by atoms with van der Waals surface area (Å²) in [4.78, 5) is 2.35. The Labute approximate surface area is 158 Å². The van der Waals surface area contributed by atoms with E-state index in [4.69, 9.17) is 4.74 Å². The van der Waals surface area contributed by atoms with Crippen LogP contribution in [0.3, 0.4) is 0 Å². The average Bonchev–Trinajstić information content (AvgIpc) is 2.62. The molecular formula is C23H33NO2. The molecule has 0 spiro atoms. The lowest BCUT2D eigenvalue weighted by Gasteiger charge is -2.26. The van der Waals surface area contributed by atoms with Gasteiger partial charge in [0.25, 0.3) is 0 Å². The maximum absolute atomic E-state index is 10.4. The predicted octanol–water partition coefficient (Wildman–Crippen LogP) is 4.42. The Kier molecular flexibility index (Phi) is 8.82. The molecule has 0 heterocycles. The van der Waals surface area contributed by atoms with Crippen molar-refractivity contribution in [3.63, 3.8) is 0 Å². The van der Waals surface area contributed by atoms with E-state index in [0.29, 0.717) is 25.7 Å². The first-order chi connectivity index (χ1) is 12.5. The van der Waals surface area contributed by atoms with E-state index in [0.717, 1.165) is 25.1 Å². The maximum Gasteiger partial charge on any atom is 0.0900 e. The van der Waals surface area contributed by atoms with E-state index in [-0.39, 0.29) is 0 Å². The minimum absolute atomic E-state index is 0.362. The second-order valence-corrected chi connectivity index (χ2v) is 7.50.